The minimum Gasteiger partial charge on any atom is -0.467 e. The summed E-state index contributed by atoms with van der Waals surface area (Å²) in [5, 5.41) is 0. The van der Waals surface area contributed by atoms with Gasteiger partial charge in [-0.15, -0.1) is 0 Å². The number of esters is 1. The van der Waals surface area contributed by atoms with Crippen LogP contribution in [0.4, 0.5) is 18.9 Å². The number of hydrogen-bond acceptors (Lipinski definition) is 5. The molecule has 37 heavy (non-hydrogen) atoms. The molecule has 0 saturated carbocycles. The molecule has 1 spiro atoms. The molecule has 186 valence electrons. The lowest BCUT2D eigenvalue weighted by atomic mass is 9.64. The maximum absolute atomic E-state index is 14.3. The molecule has 0 N–H and O–H groups in total. The summed E-state index contributed by atoms with van der Waals surface area (Å²) in [5.41, 5.74) is -0.468. The molecular formula is C29H20F3NO4. The van der Waals surface area contributed by atoms with Crippen LogP contribution in [0.15, 0.2) is 78.9 Å². The minimum atomic E-state index is -4.57. The van der Waals surface area contributed by atoms with Gasteiger partial charge in [0, 0.05) is 22.7 Å². The van der Waals surface area contributed by atoms with Gasteiger partial charge < -0.3 is 9.64 Å². The van der Waals surface area contributed by atoms with Gasteiger partial charge in [-0.3, -0.25) is 9.59 Å². The first-order chi connectivity index (χ1) is 17.7. The minimum absolute atomic E-state index is 0.238. The molecule has 2 heterocycles. The first-order valence-electron chi connectivity index (χ1n) is 11.7. The number of anilines is 1. The van der Waals surface area contributed by atoms with Crippen molar-refractivity contribution in [2.45, 2.75) is 24.2 Å². The van der Waals surface area contributed by atoms with Crippen LogP contribution in [0.2, 0.25) is 0 Å². The van der Waals surface area contributed by atoms with E-state index in [2.05, 4.69) is 0 Å². The molecule has 0 radical (unpaired) electrons. The van der Waals surface area contributed by atoms with E-state index < -0.39 is 52.7 Å². The zero-order chi connectivity index (χ0) is 26.1. The van der Waals surface area contributed by atoms with E-state index >= 15 is 0 Å². The van der Waals surface area contributed by atoms with Crippen molar-refractivity contribution < 1.29 is 32.3 Å². The SMILES string of the molecule is COC(=O)[C@H]1[C@@H](c2ccc(C(F)(F)F)cc2)C2(C(=O)c3ccccc3C2=O)[C@H]2C=Cc3ccccc3N12. The summed E-state index contributed by atoms with van der Waals surface area (Å²) in [6.45, 7) is 0. The number of Topliss-reactive ketones (excluding diaryl/α,β-unsaturated/α-hetero) is 2. The molecule has 0 aromatic heterocycles. The summed E-state index contributed by atoms with van der Waals surface area (Å²) in [5.74, 6) is -2.70. The maximum atomic E-state index is 14.3. The lowest BCUT2D eigenvalue weighted by Crippen LogP contribution is -2.48. The van der Waals surface area contributed by atoms with Gasteiger partial charge in [0.25, 0.3) is 0 Å². The Morgan fingerprint density at radius 2 is 1.49 bits per heavy atom. The molecule has 1 fully saturated rings. The Kier molecular flexibility index (Phi) is 4.96. The number of benzene rings is 3. The number of hydrogen-bond donors (Lipinski definition) is 0. The molecule has 5 nitrogen and oxygen atoms in total. The van der Waals surface area contributed by atoms with Gasteiger partial charge in [0.2, 0.25) is 0 Å². The molecule has 8 heteroatoms. The number of alkyl halides is 3. The predicted molar refractivity (Wildman–Crippen MR) is 129 cm³/mol. The van der Waals surface area contributed by atoms with Gasteiger partial charge in [-0.2, -0.15) is 13.2 Å². The Balaban J connectivity index is 1.65. The van der Waals surface area contributed by atoms with Crippen LogP contribution >= 0.6 is 0 Å². The van der Waals surface area contributed by atoms with Crippen LogP contribution in [0, 0.1) is 5.41 Å². The molecule has 2 aliphatic heterocycles. The highest BCUT2D eigenvalue weighted by Gasteiger charge is 2.72. The average molecular weight is 503 g/mol. The van der Waals surface area contributed by atoms with Crippen molar-refractivity contribution in [3.05, 3.63) is 107 Å². The number of methoxy groups -OCH3 is 1. The van der Waals surface area contributed by atoms with Gasteiger partial charge in [-0.1, -0.05) is 66.7 Å². The summed E-state index contributed by atoms with van der Waals surface area (Å²) in [4.78, 5) is 43.7. The zero-order valence-electron chi connectivity index (χ0n) is 19.5. The van der Waals surface area contributed by atoms with Crippen LogP contribution in [0.25, 0.3) is 6.08 Å². The maximum Gasteiger partial charge on any atom is 0.416 e. The molecule has 0 amide bonds. The molecule has 6 rings (SSSR count). The molecule has 0 bridgehead atoms. The lowest BCUT2D eigenvalue weighted by Gasteiger charge is -2.36. The average Bonchev–Trinajstić information content (AvgIpc) is 3.34. The number of ether oxygens (including phenoxy) is 1. The highest BCUT2D eigenvalue weighted by molar-refractivity contribution is 6.32. The largest absolute Gasteiger partial charge is 0.467 e. The van der Waals surface area contributed by atoms with Crippen LogP contribution in [-0.4, -0.2) is 36.7 Å². The topological polar surface area (TPSA) is 63.7 Å². The third-order valence-corrected chi connectivity index (χ3v) is 7.75. The summed E-state index contributed by atoms with van der Waals surface area (Å²) >= 11 is 0. The lowest BCUT2D eigenvalue weighted by molar-refractivity contribution is -0.142. The van der Waals surface area contributed by atoms with E-state index in [9.17, 15) is 27.6 Å². The second kappa shape index (κ2) is 7.90. The smallest absolute Gasteiger partial charge is 0.416 e. The quantitative estimate of drug-likeness (QED) is 0.350. The molecule has 3 aromatic rings. The third-order valence-electron chi connectivity index (χ3n) is 7.75. The predicted octanol–water partition coefficient (Wildman–Crippen LogP) is 5.31. The second-order valence-electron chi connectivity index (χ2n) is 9.41. The first kappa shape index (κ1) is 23.2. The van der Waals surface area contributed by atoms with Gasteiger partial charge in [-0.05, 0) is 29.3 Å². The fraction of sp³-hybridized carbons (Fsp3) is 0.207. The Labute approximate surface area is 210 Å². The van der Waals surface area contributed by atoms with E-state index in [1.54, 1.807) is 47.4 Å². The van der Waals surface area contributed by atoms with E-state index in [1.165, 1.54) is 19.2 Å². The number of fused-ring (bicyclic) bond motifs is 5. The highest BCUT2D eigenvalue weighted by Crippen LogP contribution is 2.60. The molecular weight excluding hydrogens is 483 g/mol. The normalized spacial score (nSPS) is 23.1. The van der Waals surface area contributed by atoms with Crippen molar-refractivity contribution in [3.8, 4) is 0 Å². The fourth-order valence-corrected chi connectivity index (χ4v) is 6.26. The van der Waals surface area contributed by atoms with Crippen molar-refractivity contribution in [1.29, 1.82) is 0 Å². The van der Waals surface area contributed by atoms with Crippen LogP contribution < -0.4 is 4.90 Å². The van der Waals surface area contributed by atoms with Gasteiger partial charge in [-0.25, -0.2) is 4.79 Å². The molecule has 3 aliphatic rings. The molecule has 0 unspecified atom stereocenters. The number of nitrogens with zero attached hydrogens (tertiary/aromatic N) is 1. The van der Waals surface area contributed by atoms with Crippen molar-refractivity contribution >= 4 is 29.3 Å². The van der Waals surface area contributed by atoms with E-state index in [0.717, 1.165) is 17.7 Å². The molecule has 1 saturated heterocycles. The summed E-state index contributed by atoms with van der Waals surface area (Å²) < 4.78 is 45.3. The fourth-order valence-electron chi connectivity index (χ4n) is 6.26. The highest BCUT2D eigenvalue weighted by atomic mass is 19.4. The van der Waals surface area contributed by atoms with Crippen molar-refractivity contribution in [2.24, 2.45) is 5.41 Å². The Hall–Kier alpha value is -4.20. The van der Waals surface area contributed by atoms with Crippen LogP contribution in [0.5, 0.6) is 0 Å². The van der Waals surface area contributed by atoms with E-state index in [4.69, 9.17) is 4.74 Å². The first-order valence-corrected chi connectivity index (χ1v) is 11.7. The van der Waals surface area contributed by atoms with Gasteiger partial charge in [0.1, 0.15) is 11.5 Å². The Bertz CT molecular complexity index is 1460. The van der Waals surface area contributed by atoms with Crippen molar-refractivity contribution in [3.63, 3.8) is 0 Å². The third kappa shape index (κ3) is 3.01. The summed E-state index contributed by atoms with van der Waals surface area (Å²) in [6.07, 6.45) is -1.02. The summed E-state index contributed by atoms with van der Waals surface area (Å²) in [7, 11) is 1.21. The monoisotopic (exact) mass is 503 g/mol. The molecule has 3 atom stereocenters. The van der Waals surface area contributed by atoms with Crippen LogP contribution in [0.1, 0.15) is 43.3 Å². The van der Waals surface area contributed by atoms with Gasteiger partial charge in [0.15, 0.2) is 11.6 Å². The zero-order valence-corrected chi connectivity index (χ0v) is 19.5. The van der Waals surface area contributed by atoms with Crippen molar-refractivity contribution in [2.75, 3.05) is 12.0 Å². The number of halogens is 3. The van der Waals surface area contributed by atoms with Crippen molar-refractivity contribution in [1.82, 2.24) is 0 Å². The Morgan fingerprint density at radius 3 is 2.08 bits per heavy atom. The Morgan fingerprint density at radius 1 is 0.892 bits per heavy atom. The van der Waals surface area contributed by atoms with E-state index in [0.29, 0.717) is 5.69 Å². The van der Waals surface area contributed by atoms with Gasteiger partial charge in [0.05, 0.1) is 18.7 Å². The number of rotatable bonds is 2. The number of carbonyl (C=O) groups is 3. The van der Waals surface area contributed by atoms with E-state index in [1.807, 2.05) is 18.2 Å². The summed E-state index contributed by atoms with van der Waals surface area (Å²) in [6, 6.07) is 16.1. The van der Waals surface area contributed by atoms with E-state index in [-0.39, 0.29) is 16.7 Å². The molecule has 3 aromatic carbocycles. The van der Waals surface area contributed by atoms with Gasteiger partial charge >= 0.3 is 12.1 Å². The van der Waals surface area contributed by atoms with Crippen LogP contribution in [-0.2, 0) is 15.7 Å². The second-order valence-corrected chi connectivity index (χ2v) is 9.41. The standard InChI is InChI=1S/C29H20F3NO4/c1-37-27(36)24-23(17-10-13-18(14-11-17)29(30,31)32)28(25(34)19-7-3-4-8-20(19)26(28)35)22-15-12-16-6-2-5-9-21(16)33(22)24/h2-15,22-24H,1H3/t22-,23-,24-/m1/s1. The van der Waals surface area contributed by atoms with Crippen LogP contribution in [0.3, 0.4) is 0 Å². The molecule has 1 aliphatic carbocycles. The number of ketones is 2. The number of carbonyl (C=O) groups excluding carboxylic acids is 3. The number of para-hydroxylation sites is 1.